The Bertz CT molecular complexity index is 544. The predicted molar refractivity (Wildman–Crippen MR) is 61.8 cm³/mol. The fourth-order valence-electron chi connectivity index (χ4n) is 0.902. The van der Waals surface area contributed by atoms with Crippen molar-refractivity contribution in [2.24, 2.45) is 7.05 Å². The van der Waals surface area contributed by atoms with Gasteiger partial charge in [0.25, 0.3) is 0 Å². The minimum atomic E-state index is -4.41. The van der Waals surface area contributed by atoms with Crippen molar-refractivity contribution in [3.8, 4) is 0 Å². The van der Waals surface area contributed by atoms with Gasteiger partial charge < -0.3 is 14.7 Å². The molecule has 0 saturated heterocycles. The van der Waals surface area contributed by atoms with E-state index < -0.39 is 15.3 Å². The van der Waals surface area contributed by atoms with Gasteiger partial charge in [-0.1, -0.05) is 4.68 Å². The summed E-state index contributed by atoms with van der Waals surface area (Å²) < 4.78 is 33.9. The lowest BCUT2D eigenvalue weighted by atomic mass is 10.1. The van der Waals surface area contributed by atoms with E-state index in [2.05, 4.69) is 9.40 Å². The van der Waals surface area contributed by atoms with E-state index in [1.165, 1.54) is 10.9 Å². The Balaban J connectivity index is 0.000000459. The van der Waals surface area contributed by atoms with Crippen LogP contribution in [0.4, 0.5) is 5.82 Å². The number of hydrogen-bond acceptors (Lipinski definition) is 7. The molecule has 0 atom stereocenters. The third kappa shape index (κ3) is 6.22. The smallest absolute Gasteiger partial charge is 0.387 e. The molecule has 0 aliphatic carbocycles. The summed E-state index contributed by atoms with van der Waals surface area (Å²) in [7, 11) is -2.05. The maximum Gasteiger partial charge on any atom is 0.387 e. The summed E-state index contributed by atoms with van der Waals surface area (Å²) in [5.74, 6) is -0.00470. The van der Waals surface area contributed by atoms with Gasteiger partial charge >= 0.3 is 5.82 Å². The van der Waals surface area contributed by atoms with E-state index in [0.29, 0.717) is 0 Å². The first-order chi connectivity index (χ1) is 8.38. The van der Waals surface area contributed by atoms with Gasteiger partial charge in [0.15, 0.2) is 0 Å². The first-order valence-corrected chi connectivity index (χ1v) is 6.34. The molecule has 0 unspecified atom stereocenters. The standard InChI is InChI=1S/C7H13N4O2.CH4O4S/c1-7(2,3)10-5-6(11(12)13)9(4)8-10;1-5-6(2,3)4/h5H,1-4H3;1H3,(H,2,3,4)/q+1;/p-1. The van der Waals surface area contributed by atoms with Crippen molar-refractivity contribution in [1.82, 2.24) is 9.90 Å². The molecule has 19 heavy (non-hydrogen) atoms. The second kappa shape index (κ2) is 6.04. The van der Waals surface area contributed by atoms with Gasteiger partial charge in [-0.3, -0.25) is 4.18 Å². The van der Waals surface area contributed by atoms with Crippen LogP contribution in [0.5, 0.6) is 0 Å². The van der Waals surface area contributed by atoms with Gasteiger partial charge in [-0.25, -0.2) is 8.42 Å². The van der Waals surface area contributed by atoms with Gasteiger partial charge in [0, 0.05) is 0 Å². The van der Waals surface area contributed by atoms with Crippen molar-refractivity contribution in [2.45, 2.75) is 26.3 Å². The van der Waals surface area contributed by atoms with Gasteiger partial charge in [-0.15, -0.1) is 4.68 Å². The van der Waals surface area contributed by atoms with Crippen LogP contribution < -0.4 is 4.68 Å². The molecule has 0 radical (unpaired) electrons. The summed E-state index contributed by atoms with van der Waals surface area (Å²) in [6, 6.07) is 0. The van der Waals surface area contributed by atoms with Crippen molar-refractivity contribution in [2.75, 3.05) is 7.11 Å². The molecule has 0 bridgehead atoms. The predicted octanol–water partition coefficient (Wildman–Crippen LogP) is -0.536. The normalized spacial score (nSPS) is 11.7. The summed E-state index contributed by atoms with van der Waals surface area (Å²) in [5.41, 5.74) is -0.230. The van der Waals surface area contributed by atoms with Crippen LogP contribution in [0.25, 0.3) is 0 Å². The Morgan fingerprint density at radius 1 is 1.47 bits per heavy atom. The molecule has 0 aliphatic heterocycles. The monoisotopic (exact) mass is 296 g/mol. The van der Waals surface area contributed by atoms with Crippen LogP contribution >= 0.6 is 0 Å². The highest BCUT2D eigenvalue weighted by molar-refractivity contribution is 7.80. The Kier molecular flexibility index (Phi) is 5.53. The molecule has 1 heterocycles. The van der Waals surface area contributed by atoms with Gasteiger partial charge in [0.1, 0.15) is 12.6 Å². The van der Waals surface area contributed by atoms with E-state index in [0.717, 1.165) is 7.11 Å². The lowest BCUT2D eigenvalue weighted by Gasteiger charge is -2.09. The van der Waals surface area contributed by atoms with Crippen molar-refractivity contribution in [1.29, 1.82) is 0 Å². The van der Waals surface area contributed by atoms with Crippen LogP contribution in [-0.2, 0) is 27.2 Å². The van der Waals surface area contributed by atoms with E-state index in [9.17, 15) is 23.1 Å². The lowest BCUT2D eigenvalue weighted by Crippen LogP contribution is -2.51. The lowest BCUT2D eigenvalue weighted by molar-refractivity contribution is -0.807. The van der Waals surface area contributed by atoms with Gasteiger partial charge in [0.05, 0.1) is 12.3 Å². The number of rotatable bonds is 2. The van der Waals surface area contributed by atoms with Gasteiger partial charge in [-0.2, -0.15) is 0 Å². The fraction of sp³-hybridized carbons (Fsp3) is 0.750. The Morgan fingerprint density at radius 3 is 2.05 bits per heavy atom. The molecule has 1 aromatic heterocycles. The topological polar surface area (TPSA) is 131 Å². The van der Waals surface area contributed by atoms with Crippen LogP contribution in [-0.4, -0.2) is 34.9 Å². The molecule has 0 fully saturated rings. The molecule has 10 nitrogen and oxygen atoms in total. The zero-order valence-corrected chi connectivity index (χ0v) is 12.0. The molecule has 0 spiro atoms. The van der Waals surface area contributed by atoms with Crippen LogP contribution in [0.15, 0.2) is 6.20 Å². The second-order valence-corrected chi connectivity index (χ2v) is 5.60. The maximum absolute atomic E-state index is 10.5. The van der Waals surface area contributed by atoms with Crippen molar-refractivity contribution in [3.63, 3.8) is 0 Å². The number of nitro groups is 1. The van der Waals surface area contributed by atoms with Crippen LogP contribution in [0.1, 0.15) is 20.8 Å². The Hall–Kier alpha value is -1.59. The van der Waals surface area contributed by atoms with E-state index in [4.69, 9.17) is 0 Å². The quantitative estimate of drug-likeness (QED) is 0.235. The number of aromatic nitrogens is 3. The highest BCUT2D eigenvalue weighted by Crippen LogP contribution is 2.08. The SMILES string of the molecule is COS(=O)(=O)[O-].Cn1n[n+](C(C)(C)C)cc1[N+](=O)[O-]. The summed E-state index contributed by atoms with van der Waals surface area (Å²) in [6.45, 7) is 5.80. The Labute approximate surface area is 110 Å². The van der Waals surface area contributed by atoms with Crippen LogP contribution in [0.3, 0.4) is 0 Å². The molecule has 0 saturated carbocycles. The molecular weight excluding hydrogens is 280 g/mol. The first kappa shape index (κ1) is 17.4. The maximum atomic E-state index is 10.5. The van der Waals surface area contributed by atoms with E-state index in [1.54, 1.807) is 11.7 Å². The zero-order chi connectivity index (χ0) is 15.4. The summed E-state index contributed by atoms with van der Waals surface area (Å²) >= 11 is 0. The number of aryl methyl sites for hydroxylation is 1. The third-order valence-corrected chi connectivity index (χ3v) is 2.29. The largest absolute Gasteiger partial charge is 0.726 e. The number of hydrogen-bond donors (Lipinski definition) is 0. The van der Waals surface area contributed by atoms with Crippen molar-refractivity contribution in [3.05, 3.63) is 16.3 Å². The van der Waals surface area contributed by atoms with E-state index >= 15 is 0 Å². The molecule has 0 aliphatic rings. The van der Waals surface area contributed by atoms with E-state index in [1.807, 2.05) is 20.8 Å². The average molecular weight is 296 g/mol. The van der Waals surface area contributed by atoms with Gasteiger partial charge in [0.2, 0.25) is 16.6 Å². The summed E-state index contributed by atoms with van der Waals surface area (Å²) in [6.07, 6.45) is 1.43. The highest BCUT2D eigenvalue weighted by atomic mass is 32.3. The average Bonchev–Trinajstić information content (AvgIpc) is 2.59. The molecule has 0 N–H and O–H groups in total. The van der Waals surface area contributed by atoms with Crippen molar-refractivity contribution < 1.29 is 26.8 Å². The van der Waals surface area contributed by atoms with Gasteiger partial charge in [-0.05, 0) is 25.7 Å². The minimum absolute atomic E-state index is 0.00470. The molecule has 1 aromatic rings. The van der Waals surface area contributed by atoms with E-state index in [-0.39, 0.29) is 11.4 Å². The fourth-order valence-corrected chi connectivity index (χ4v) is 0.902. The van der Waals surface area contributed by atoms with Crippen LogP contribution in [0, 0.1) is 10.1 Å². The van der Waals surface area contributed by atoms with Crippen LogP contribution in [0.2, 0.25) is 0 Å². The Morgan fingerprint density at radius 2 is 1.89 bits per heavy atom. The molecule has 1 rings (SSSR count). The minimum Gasteiger partial charge on any atom is -0.726 e. The zero-order valence-electron chi connectivity index (χ0n) is 11.2. The second-order valence-electron chi connectivity index (χ2n) is 4.45. The summed E-state index contributed by atoms with van der Waals surface area (Å²) in [5, 5.41) is 14.5. The highest BCUT2D eigenvalue weighted by Gasteiger charge is 2.26. The molecule has 11 heteroatoms. The number of nitrogens with zero attached hydrogens (tertiary/aromatic N) is 4. The summed E-state index contributed by atoms with van der Waals surface area (Å²) in [4.78, 5) is 10.0. The molecule has 0 amide bonds. The molecular formula is C8H16N4O6S. The third-order valence-electron chi connectivity index (χ3n) is 1.88. The molecule has 0 aromatic carbocycles. The first-order valence-electron chi connectivity index (χ1n) is 5.00. The molecule has 110 valence electrons. The van der Waals surface area contributed by atoms with Crippen molar-refractivity contribution >= 4 is 16.2 Å².